The minimum atomic E-state index is -4.70. The summed E-state index contributed by atoms with van der Waals surface area (Å²) in [6, 6.07) is 10.1. The molecule has 5 heteroatoms. The van der Waals surface area contributed by atoms with Crippen molar-refractivity contribution in [3.8, 4) is 0 Å². The summed E-state index contributed by atoms with van der Waals surface area (Å²) in [7, 11) is 0. The molecule has 0 amide bonds. The lowest BCUT2D eigenvalue weighted by molar-refractivity contribution is -0.259. The van der Waals surface area contributed by atoms with Crippen LogP contribution in [-0.2, 0) is 5.60 Å². The van der Waals surface area contributed by atoms with Gasteiger partial charge < -0.3 is 5.11 Å². The summed E-state index contributed by atoms with van der Waals surface area (Å²) >= 11 is 1.84. The third-order valence-electron chi connectivity index (χ3n) is 2.94. The van der Waals surface area contributed by atoms with Crippen LogP contribution in [0.15, 0.2) is 36.4 Å². The van der Waals surface area contributed by atoms with Crippen LogP contribution in [0, 0.1) is 3.57 Å². The van der Waals surface area contributed by atoms with Gasteiger partial charge in [-0.05, 0) is 40.3 Å². The van der Waals surface area contributed by atoms with Crippen LogP contribution in [0.5, 0.6) is 0 Å². The van der Waals surface area contributed by atoms with Gasteiger partial charge in [-0.1, -0.05) is 36.4 Å². The fourth-order valence-electron chi connectivity index (χ4n) is 1.76. The molecule has 0 saturated heterocycles. The molecule has 0 saturated carbocycles. The molecule has 0 heterocycles. The Morgan fingerprint density at radius 3 is 2.28 bits per heavy atom. The maximum absolute atomic E-state index is 12.8. The molecular weight excluding hydrogens is 356 g/mol. The zero-order valence-electron chi connectivity index (χ0n) is 9.42. The second-order valence-electron chi connectivity index (χ2n) is 4.22. The van der Waals surface area contributed by atoms with Gasteiger partial charge in [0.15, 0.2) is 5.60 Å². The van der Waals surface area contributed by atoms with Crippen molar-refractivity contribution < 1.29 is 18.3 Å². The zero-order chi connectivity index (χ0) is 13.6. The number of rotatable bonds is 1. The Bertz CT molecular complexity index is 590. The number of alkyl halides is 3. The zero-order valence-corrected chi connectivity index (χ0v) is 11.6. The van der Waals surface area contributed by atoms with Gasteiger partial charge in [0.25, 0.3) is 0 Å². The van der Waals surface area contributed by atoms with Crippen molar-refractivity contribution in [3.63, 3.8) is 0 Å². The molecular formula is C13H10F3IO. The highest BCUT2D eigenvalue weighted by Crippen LogP contribution is 2.41. The van der Waals surface area contributed by atoms with Gasteiger partial charge in [0, 0.05) is 9.13 Å². The molecule has 2 aromatic rings. The van der Waals surface area contributed by atoms with Crippen molar-refractivity contribution in [1.82, 2.24) is 0 Å². The first-order chi connectivity index (χ1) is 8.25. The van der Waals surface area contributed by atoms with E-state index in [1.54, 1.807) is 18.2 Å². The third-order valence-corrected chi connectivity index (χ3v) is 4.10. The molecule has 96 valence electrons. The molecule has 0 unspecified atom stereocenters. The number of aliphatic hydroxyl groups is 1. The van der Waals surface area contributed by atoms with E-state index in [2.05, 4.69) is 0 Å². The Labute approximate surface area is 116 Å². The monoisotopic (exact) mass is 366 g/mol. The highest BCUT2D eigenvalue weighted by atomic mass is 127. The number of fused-ring (bicyclic) bond motifs is 1. The second-order valence-corrected chi connectivity index (χ2v) is 5.30. The lowest BCUT2D eigenvalue weighted by atomic mass is 9.93. The normalized spacial score (nSPS) is 15.7. The van der Waals surface area contributed by atoms with Gasteiger partial charge in [0.1, 0.15) is 0 Å². The number of hydrogen-bond donors (Lipinski definition) is 1. The SMILES string of the molecule is C[C@@](O)(c1ccc2ccccc2c1I)C(F)(F)F. The van der Waals surface area contributed by atoms with Crippen molar-refractivity contribution in [3.05, 3.63) is 45.5 Å². The van der Waals surface area contributed by atoms with Crippen molar-refractivity contribution in [2.24, 2.45) is 0 Å². The minimum absolute atomic E-state index is 0.116. The maximum Gasteiger partial charge on any atom is 0.421 e. The van der Waals surface area contributed by atoms with E-state index in [0.29, 0.717) is 8.96 Å². The summed E-state index contributed by atoms with van der Waals surface area (Å²) in [6.07, 6.45) is -4.70. The Hall–Kier alpha value is -0.820. The van der Waals surface area contributed by atoms with Gasteiger partial charge >= 0.3 is 6.18 Å². The van der Waals surface area contributed by atoms with E-state index in [-0.39, 0.29) is 5.56 Å². The minimum Gasteiger partial charge on any atom is -0.376 e. The van der Waals surface area contributed by atoms with E-state index in [4.69, 9.17) is 0 Å². The first-order valence-corrected chi connectivity index (χ1v) is 6.30. The third kappa shape index (κ3) is 2.09. The molecule has 0 aromatic heterocycles. The second kappa shape index (κ2) is 4.38. The Morgan fingerprint density at radius 1 is 1.06 bits per heavy atom. The van der Waals surface area contributed by atoms with Gasteiger partial charge in [0.05, 0.1) is 0 Å². The van der Waals surface area contributed by atoms with Gasteiger partial charge in [-0.3, -0.25) is 0 Å². The van der Waals surface area contributed by atoms with Gasteiger partial charge in [-0.25, -0.2) is 0 Å². The van der Waals surface area contributed by atoms with Gasteiger partial charge in [-0.15, -0.1) is 0 Å². The molecule has 0 fully saturated rings. The molecule has 1 atom stereocenters. The Balaban J connectivity index is 2.70. The predicted octanol–water partition coefficient (Wildman–Crippen LogP) is 4.21. The maximum atomic E-state index is 12.8. The molecule has 0 bridgehead atoms. The molecule has 0 aliphatic rings. The fraction of sp³-hybridized carbons (Fsp3) is 0.231. The first kappa shape index (κ1) is 13.6. The number of benzene rings is 2. The standard InChI is InChI=1S/C13H10F3IO/c1-12(18,13(14,15)16)10-7-6-8-4-2-3-5-9(8)11(10)17/h2-7,18H,1H3/t12-/m1/s1. The van der Waals surface area contributed by atoms with Gasteiger partial charge in [-0.2, -0.15) is 13.2 Å². The largest absolute Gasteiger partial charge is 0.421 e. The van der Waals surface area contributed by atoms with Crippen LogP contribution in [0.2, 0.25) is 0 Å². The first-order valence-electron chi connectivity index (χ1n) is 5.22. The average molecular weight is 366 g/mol. The van der Waals surface area contributed by atoms with Crippen LogP contribution in [0.1, 0.15) is 12.5 Å². The quantitative estimate of drug-likeness (QED) is 0.750. The van der Waals surface area contributed by atoms with Crippen molar-refractivity contribution in [1.29, 1.82) is 0 Å². The Morgan fingerprint density at radius 2 is 1.67 bits per heavy atom. The van der Waals surface area contributed by atoms with Crippen LogP contribution in [0.25, 0.3) is 10.8 Å². The summed E-state index contributed by atoms with van der Waals surface area (Å²) in [4.78, 5) is 0. The topological polar surface area (TPSA) is 20.2 Å². The van der Waals surface area contributed by atoms with Crippen LogP contribution >= 0.6 is 22.6 Å². The van der Waals surface area contributed by atoms with E-state index in [1.807, 2.05) is 34.7 Å². The van der Waals surface area contributed by atoms with E-state index in [9.17, 15) is 18.3 Å². The molecule has 0 radical (unpaired) electrons. The van der Waals surface area contributed by atoms with Gasteiger partial charge in [0.2, 0.25) is 0 Å². The molecule has 18 heavy (non-hydrogen) atoms. The van der Waals surface area contributed by atoms with E-state index >= 15 is 0 Å². The van der Waals surface area contributed by atoms with E-state index in [1.165, 1.54) is 6.07 Å². The summed E-state index contributed by atoms with van der Waals surface area (Å²) in [6.45, 7) is 0.777. The summed E-state index contributed by atoms with van der Waals surface area (Å²) < 4.78 is 39.0. The molecule has 0 spiro atoms. The molecule has 0 aliphatic carbocycles. The van der Waals surface area contributed by atoms with Crippen molar-refractivity contribution in [2.75, 3.05) is 0 Å². The molecule has 1 nitrogen and oxygen atoms in total. The fourth-order valence-corrected chi connectivity index (χ4v) is 2.96. The highest BCUT2D eigenvalue weighted by molar-refractivity contribution is 14.1. The summed E-state index contributed by atoms with van der Waals surface area (Å²) in [5.41, 5.74) is -2.96. The van der Waals surface area contributed by atoms with Crippen LogP contribution in [-0.4, -0.2) is 11.3 Å². The predicted molar refractivity (Wildman–Crippen MR) is 72.3 cm³/mol. The lowest BCUT2D eigenvalue weighted by Gasteiger charge is -2.28. The molecule has 1 N–H and O–H groups in total. The molecule has 0 aliphatic heterocycles. The van der Waals surface area contributed by atoms with Crippen LogP contribution < -0.4 is 0 Å². The van der Waals surface area contributed by atoms with Crippen molar-refractivity contribution in [2.45, 2.75) is 18.7 Å². The average Bonchev–Trinajstić information content (AvgIpc) is 2.28. The van der Waals surface area contributed by atoms with E-state index in [0.717, 1.165) is 12.3 Å². The van der Waals surface area contributed by atoms with Crippen LogP contribution in [0.4, 0.5) is 13.2 Å². The highest BCUT2D eigenvalue weighted by Gasteiger charge is 2.52. The molecule has 2 rings (SSSR count). The Kier molecular flexibility index (Phi) is 3.31. The molecule has 2 aromatic carbocycles. The van der Waals surface area contributed by atoms with Crippen LogP contribution in [0.3, 0.4) is 0 Å². The van der Waals surface area contributed by atoms with E-state index < -0.39 is 11.8 Å². The summed E-state index contributed by atoms with van der Waals surface area (Å²) in [5, 5.41) is 11.3. The smallest absolute Gasteiger partial charge is 0.376 e. The number of hydrogen-bond acceptors (Lipinski definition) is 1. The van der Waals surface area contributed by atoms with Crippen molar-refractivity contribution >= 4 is 33.4 Å². The summed E-state index contributed by atoms with van der Waals surface area (Å²) in [5.74, 6) is 0. The lowest BCUT2D eigenvalue weighted by Crippen LogP contribution is -2.39. The number of halogens is 4.